The summed E-state index contributed by atoms with van der Waals surface area (Å²) in [6, 6.07) is 10.2. The largest absolute Gasteiger partial charge is 0.495 e. The summed E-state index contributed by atoms with van der Waals surface area (Å²) in [7, 11) is 1.49. The van der Waals surface area contributed by atoms with Crippen LogP contribution in [0.4, 0.5) is 0 Å². The second-order valence-electron chi connectivity index (χ2n) is 4.19. The van der Waals surface area contributed by atoms with Crippen LogP contribution >= 0.6 is 34.8 Å². The SMILES string of the molecule is COc1cc(Cl)c(C(=O)Cc2ccc(Cl)cc2)cc1Cl. The lowest BCUT2D eigenvalue weighted by Crippen LogP contribution is -2.05. The molecular weight excluding hydrogens is 319 g/mol. The number of Topliss-reactive ketones (excluding diaryl/α,β-unsaturated/α-hetero) is 1. The van der Waals surface area contributed by atoms with Crippen molar-refractivity contribution in [2.45, 2.75) is 6.42 Å². The van der Waals surface area contributed by atoms with Gasteiger partial charge in [-0.05, 0) is 23.8 Å². The van der Waals surface area contributed by atoms with E-state index in [1.54, 1.807) is 30.3 Å². The average Bonchev–Trinajstić information content (AvgIpc) is 2.43. The Labute approximate surface area is 132 Å². The van der Waals surface area contributed by atoms with Crippen LogP contribution in [0.1, 0.15) is 15.9 Å². The molecule has 0 saturated carbocycles. The van der Waals surface area contributed by atoms with Crippen LogP contribution in [-0.2, 0) is 6.42 Å². The minimum Gasteiger partial charge on any atom is -0.495 e. The highest BCUT2D eigenvalue weighted by molar-refractivity contribution is 6.36. The molecule has 0 aliphatic carbocycles. The third kappa shape index (κ3) is 3.45. The molecule has 2 aromatic carbocycles. The van der Waals surface area contributed by atoms with E-state index in [9.17, 15) is 4.79 Å². The molecule has 0 heterocycles. The van der Waals surface area contributed by atoms with E-state index in [1.807, 2.05) is 0 Å². The van der Waals surface area contributed by atoms with Gasteiger partial charge in [-0.15, -0.1) is 0 Å². The quantitative estimate of drug-likeness (QED) is 0.731. The molecule has 0 saturated heterocycles. The van der Waals surface area contributed by atoms with Gasteiger partial charge in [-0.2, -0.15) is 0 Å². The fourth-order valence-electron chi connectivity index (χ4n) is 1.78. The Hall–Kier alpha value is -1.22. The first kappa shape index (κ1) is 15.2. The molecule has 0 spiro atoms. The summed E-state index contributed by atoms with van der Waals surface area (Å²) in [4.78, 5) is 12.3. The van der Waals surface area contributed by atoms with Crippen LogP contribution in [0.25, 0.3) is 0 Å². The fraction of sp³-hybridized carbons (Fsp3) is 0.133. The normalized spacial score (nSPS) is 10.4. The molecule has 0 N–H and O–H groups in total. The topological polar surface area (TPSA) is 26.3 Å². The maximum Gasteiger partial charge on any atom is 0.168 e. The highest BCUT2D eigenvalue weighted by Gasteiger charge is 2.15. The number of hydrogen-bond acceptors (Lipinski definition) is 2. The van der Waals surface area contributed by atoms with Crippen molar-refractivity contribution in [2.75, 3.05) is 7.11 Å². The fourth-order valence-corrected chi connectivity index (χ4v) is 2.41. The molecule has 0 radical (unpaired) electrons. The molecule has 0 atom stereocenters. The molecular formula is C15H11Cl3O2. The van der Waals surface area contributed by atoms with Gasteiger partial charge in [-0.25, -0.2) is 0 Å². The number of carbonyl (C=O) groups is 1. The Bertz CT molecular complexity index is 636. The van der Waals surface area contributed by atoms with Gasteiger partial charge in [0.15, 0.2) is 5.78 Å². The molecule has 5 heteroatoms. The molecule has 0 amide bonds. The summed E-state index contributed by atoms with van der Waals surface area (Å²) in [6.45, 7) is 0. The van der Waals surface area contributed by atoms with Crippen LogP contribution in [0, 0.1) is 0 Å². The number of rotatable bonds is 4. The zero-order chi connectivity index (χ0) is 14.7. The monoisotopic (exact) mass is 328 g/mol. The van der Waals surface area contributed by atoms with E-state index < -0.39 is 0 Å². The Morgan fingerprint density at radius 2 is 1.70 bits per heavy atom. The van der Waals surface area contributed by atoms with Crippen molar-refractivity contribution in [3.8, 4) is 5.75 Å². The summed E-state index contributed by atoms with van der Waals surface area (Å²) in [5.41, 5.74) is 1.25. The second-order valence-corrected chi connectivity index (χ2v) is 5.44. The van der Waals surface area contributed by atoms with Crippen molar-refractivity contribution in [1.82, 2.24) is 0 Å². The first-order chi connectivity index (χ1) is 9.51. The van der Waals surface area contributed by atoms with Crippen LogP contribution < -0.4 is 4.74 Å². The van der Waals surface area contributed by atoms with Crippen LogP contribution in [0.5, 0.6) is 5.75 Å². The summed E-state index contributed by atoms with van der Waals surface area (Å²) in [6.07, 6.45) is 0.236. The summed E-state index contributed by atoms with van der Waals surface area (Å²) < 4.78 is 5.05. The summed E-state index contributed by atoms with van der Waals surface area (Å²) in [5, 5.41) is 1.31. The highest BCUT2D eigenvalue weighted by Crippen LogP contribution is 2.31. The van der Waals surface area contributed by atoms with E-state index in [-0.39, 0.29) is 12.2 Å². The van der Waals surface area contributed by atoms with Crippen molar-refractivity contribution in [3.63, 3.8) is 0 Å². The minimum atomic E-state index is -0.109. The van der Waals surface area contributed by atoms with Crippen molar-refractivity contribution in [3.05, 3.63) is 62.6 Å². The molecule has 0 bridgehead atoms. The van der Waals surface area contributed by atoms with Gasteiger partial charge in [0, 0.05) is 23.1 Å². The van der Waals surface area contributed by atoms with E-state index in [0.717, 1.165) is 5.56 Å². The van der Waals surface area contributed by atoms with Crippen molar-refractivity contribution in [1.29, 1.82) is 0 Å². The van der Waals surface area contributed by atoms with E-state index >= 15 is 0 Å². The molecule has 0 fully saturated rings. The van der Waals surface area contributed by atoms with E-state index in [1.165, 1.54) is 13.2 Å². The molecule has 20 heavy (non-hydrogen) atoms. The maximum absolute atomic E-state index is 12.3. The van der Waals surface area contributed by atoms with Gasteiger partial charge in [-0.3, -0.25) is 4.79 Å². The average molecular weight is 330 g/mol. The van der Waals surface area contributed by atoms with E-state index in [4.69, 9.17) is 39.5 Å². The molecule has 104 valence electrons. The molecule has 0 aliphatic rings. The lowest BCUT2D eigenvalue weighted by Gasteiger charge is -2.08. The van der Waals surface area contributed by atoms with Crippen molar-refractivity contribution in [2.24, 2.45) is 0 Å². The van der Waals surface area contributed by atoms with Crippen LogP contribution in [0.15, 0.2) is 36.4 Å². The molecule has 2 aromatic rings. The second kappa shape index (κ2) is 6.49. The maximum atomic E-state index is 12.3. The van der Waals surface area contributed by atoms with Gasteiger partial charge >= 0.3 is 0 Å². The molecule has 0 unspecified atom stereocenters. The van der Waals surface area contributed by atoms with E-state index in [0.29, 0.717) is 26.4 Å². The predicted molar refractivity (Wildman–Crippen MR) is 82.5 cm³/mol. The van der Waals surface area contributed by atoms with Gasteiger partial charge < -0.3 is 4.74 Å². The Kier molecular flexibility index (Phi) is 4.92. The lowest BCUT2D eigenvalue weighted by molar-refractivity contribution is 0.0993. The van der Waals surface area contributed by atoms with E-state index in [2.05, 4.69) is 0 Å². The predicted octanol–water partition coefficient (Wildman–Crippen LogP) is 5.08. The smallest absolute Gasteiger partial charge is 0.168 e. The number of ether oxygens (including phenoxy) is 1. The Morgan fingerprint density at radius 1 is 1.05 bits per heavy atom. The zero-order valence-electron chi connectivity index (χ0n) is 10.6. The van der Waals surface area contributed by atoms with Gasteiger partial charge in [0.05, 0.1) is 17.2 Å². The number of methoxy groups -OCH3 is 1. The highest BCUT2D eigenvalue weighted by atomic mass is 35.5. The third-order valence-electron chi connectivity index (χ3n) is 2.82. The standard InChI is InChI=1S/C15H11Cl3O2/c1-20-15-8-12(17)11(7-13(15)18)14(19)6-9-2-4-10(16)5-3-9/h2-5,7-8H,6H2,1H3. The minimum absolute atomic E-state index is 0.109. The Balaban J connectivity index is 2.25. The zero-order valence-corrected chi connectivity index (χ0v) is 12.9. The number of hydrogen-bond donors (Lipinski definition) is 0. The summed E-state index contributed by atoms with van der Waals surface area (Å²) >= 11 is 17.9. The number of carbonyl (C=O) groups excluding carboxylic acids is 1. The van der Waals surface area contributed by atoms with Crippen LogP contribution in [0.2, 0.25) is 15.1 Å². The number of benzene rings is 2. The number of ketones is 1. The van der Waals surface area contributed by atoms with Crippen molar-refractivity contribution >= 4 is 40.6 Å². The number of halogens is 3. The molecule has 0 aliphatic heterocycles. The summed E-state index contributed by atoms with van der Waals surface area (Å²) in [5.74, 6) is 0.335. The van der Waals surface area contributed by atoms with Crippen molar-refractivity contribution < 1.29 is 9.53 Å². The van der Waals surface area contributed by atoms with Gasteiger partial charge in [0.2, 0.25) is 0 Å². The molecule has 0 aromatic heterocycles. The third-order valence-corrected chi connectivity index (χ3v) is 3.68. The van der Waals surface area contributed by atoms with Gasteiger partial charge in [0.1, 0.15) is 5.75 Å². The molecule has 2 nitrogen and oxygen atoms in total. The first-order valence-corrected chi connectivity index (χ1v) is 6.95. The van der Waals surface area contributed by atoms with Crippen LogP contribution in [0.3, 0.4) is 0 Å². The van der Waals surface area contributed by atoms with Crippen LogP contribution in [-0.4, -0.2) is 12.9 Å². The lowest BCUT2D eigenvalue weighted by atomic mass is 10.0. The van der Waals surface area contributed by atoms with Gasteiger partial charge in [0.25, 0.3) is 0 Å². The molecule has 2 rings (SSSR count). The first-order valence-electron chi connectivity index (χ1n) is 5.82. The van der Waals surface area contributed by atoms with Gasteiger partial charge in [-0.1, -0.05) is 46.9 Å². The Morgan fingerprint density at radius 3 is 2.30 bits per heavy atom.